The largest absolute Gasteiger partial charge is 0.345 e. The van der Waals surface area contributed by atoms with Crippen molar-refractivity contribution in [2.24, 2.45) is 0 Å². The highest BCUT2D eigenvalue weighted by molar-refractivity contribution is 7.92. The number of ketones is 1. The van der Waals surface area contributed by atoms with Gasteiger partial charge in [0, 0.05) is 23.3 Å². The number of H-pyrrole nitrogens is 1. The van der Waals surface area contributed by atoms with Gasteiger partial charge in [-0.05, 0) is 49.2 Å². The van der Waals surface area contributed by atoms with E-state index in [2.05, 4.69) is 14.7 Å². The highest BCUT2D eigenvalue weighted by Crippen LogP contribution is 2.29. The number of nitrogens with zero attached hydrogens (tertiary/aromatic N) is 1. The second-order valence-electron chi connectivity index (χ2n) is 7.12. The predicted octanol–water partition coefficient (Wildman–Crippen LogP) is 5.00. The highest BCUT2D eigenvalue weighted by Gasteiger charge is 2.25. The summed E-state index contributed by atoms with van der Waals surface area (Å²) in [7, 11) is -4.04. The monoisotopic (exact) mass is 457 g/mol. The SMILES string of the molecule is Cc1cccc(S(=O)(=O)Nc2ccc(C)c(C(=O)c3c[nH]c4ncc(Cl)cc34)c2F)c1. The summed E-state index contributed by atoms with van der Waals surface area (Å²) in [4.78, 5) is 20.2. The van der Waals surface area contributed by atoms with E-state index in [4.69, 9.17) is 11.6 Å². The maximum atomic E-state index is 15.4. The first kappa shape index (κ1) is 21.0. The van der Waals surface area contributed by atoms with Gasteiger partial charge in [-0.25, -0.2) is 17.8 Å². The number of aromatic nitrogens is 2. The molecule has 0 saturated heterocycles. The Morgan fingerprint density at radius 3 is 2.68 bits per heavy atom. The molecule has 9 heteroatoms. The number of hydrogen-bond donors (Lipinski definition) is 2. The second kappa shape index (κ2) is 7.79. The normalized spacial score (nSPS) is 11.6. The van der Waals surface area contributed by atoms with Crippen molar-refractivity contribution in [2.75, 3.05) is 4.72 Å². The van der Waals surface area contributed by atoms with Crippen LogP contribution in [-0.2, 0) is 10.0 Å². The molecule has 2 heterocycles. The molecule has 0 bridgehead atoms. The lowest BCUT2D eigenvalue weighted by Crippen LogP contribution is -2.16. The van der Waals surface area contributed by atoms with Crippen LogP contribution >= 0.6 is 11.6 Å². The zero-order valence-electron chi connectivity index (χ0n) is 16.5. The van der Waals surface area contributed by atoms with Gasteiger partial charge >= 0.3 is 0 Å². The Morgan fingerprint density at radius 1 is 1.16 bits per heavy atom. The van der Waals surface area contributed by atoms with Gasteiger partial charge in [0.1, 0.15) is 5.65 Å². The van der Waals surface area contributed by atoms with Crippen molar-refractivity contribution in [1.82, 2.24) is 9.97 Å². The highest BCUT2D eigenvalue weighted by atomic mass is 35.5. The molecule has 0 amide bonds. The molecule has 0 radical (unpaired) electrons. The molecule has 6 nitrogen and oxygen atoms in total. The average molecular weight is 458 g/mol. The number of halogens is 2. The second-order valence-corrected chi connectivity index (χ2v) is 9.24. The Hall–Kier alpha value is -3.23. The summed E-state index contributed by atoms with van der Waals surface area (Å²) in [6.45, 7) is 3.33. The molecule has 0 saturated carbocycles. The topological polar surface area (TPSA) is 91.9 Å². The van der Waals surface area contributed by atoms with Crippen molar-refractivity contribution in [3.8, 4) is 0 Å². The van der Waals surface area contributed by atoms with E-state index < -0.39 is 21.6 Å². The summed E-state index contributed by atoms with van der Waals surface area (Å²) < 4.78 is 43.1. The summed E-state index contributed by atoms with van der Waals surface area (Å²) in [6, 6.07) is 10.6. The Bertz CT molecular complexity index is 1450. The van der Waals surface area contributed by atoms with E-state index in [9.17, 15) is 13.2 Å². The number of sulfonamides is 1. The van der Waals surface area contributed by atoms with Gasteiger partial charge < -0.3 is 4.98 Å². The van der Waals surface area contributed by atoms with Crippen LogP contribution in [-0.4, -0.2) is 24.2 Å². The van der Waals surface area contributed by atoms with Crippen LogP contribution in [0.2, 0.25) is 5.02 Å². The molecular formula is C22H17ClFN3O3S. The van der Waals surface area contributed by atoms with Crippen LogP contribution < -0.4 is 4.72 Å². The minimum atomic E-state index is -4.04. The van der Waals surface area contributed by atoms with E-state index in [-0.39, 0.29) is 21.7 Å². The minimum absolute atomic E-state index is 0.00213. The molecule has 2 N–H and O–H groups in total. The molecule has 0 atom stereocenters. The summed E-state index contributed by atoms with van der Waals surface area (Å²) >= 11 is 5.99. The molecule has 4 aromatic rings. The number of anilines is 1. The van der Waals surface area contributed by atoms with Gasteiger partial charge in [-0.15, -0.1) is 0 Å². The van der Waals surface area contributed by atoms with Gasteiger partial charge in [-0.1, -0.05) is 29.8 Å². The lowest BCUT2D eigenvalue weighted by Gasteiger charge is -2.13. The molecule has 0 aliphatic carbocycles. The van der Waals surface area contributed by atoms with Crippen LogP contribution in [0.3, 0.4) is 0 Å². The van der Waals surface area contributed by atoms with Gasteiger partial charge in [0.2, 0.25) is 0 Å². The third kappa shape index (κ3) is 3.92. The van der Waals surface area contributed by atoms with E-state index in [1.54, 1.807) is 32.0 Å². The number of rotatable bonds is 5. The molecule has 0 unspecified atom stereocenters. The molecular weight excluding hydrogens is 441 g/mol. The number of hydrogen-bond acceptors (Lipinski definition) is 4. The fourth-order valence-electron chi connectivity index (χ4n) is 3.32. The number of pyridine rings is 1. The molecule has 4 rings (SSSR count). The third-order valence-corrected chi connectivity index (χ3v) is 6.43. The first-order valence-electron chi connectivity index (χ1n) is 9.23. The molecule has 0 spiro atoms. The smallest absolute Gasteiger partial charge is 0.261 e. The maximum absolute atomic E-state index is 15.4. The standard InChI is InChI=1S/C22H17ClFN3O3S/c1-12-4-3-5-15(8-12)31(29,30)27-18-7-6-13(2)19(20(18)24)21(28)17-11-26-22-16(17)9-14(23)10-25-22/h3-11,27H,1-2H3,(H,25,26). The number of carbonyl (C=O) groups excluding carboxylic acids is 1. The van der Waals surface area contributed by atoms with Crippen LogP contribution in [0.15, 0.2) is 59.8 Å². The van der Waals surface area contributed by atoms with E-state index in [1.165, 1.54) is 36.7 Å². The van der Waals surface area contributed by atoms with Crippen LogP contribution in [0.1, 0.15) is 27.0 Å². The number of carbonyl (C=O) groups is 1. The van der Waals surface area contributed by atoms with Crippen LogP contribution in [0.4, 0.5) is 10.1 Å². The summed E-state index contributed by atoms with van der Waals surface area (Å²) in [6.07, 6.45) is 2.86. The van der Waals surface area contributed by atoms with Crippen LogP contribution in [0.25, 0.3) is 11.0 Å². The fraction of sp³-hybridized carbons (Fsp3) is 0.0909. The Balaban J connectivity index is 1.77. The van der Waals surface area contributed by atoms with E-state index in [0.29, 0.717) is 21.6 Å². The van der Waals surface area contributed by atoms with Crippen molar-refractivity contribution in [2.45, 2.75) is 18.7 Å². The van der Waals surface area contributed by atoms with Crippen LogP contribution in [0.5, 0.6) is 0 Å². The molecule has 2 aromatic carbocycles. The van der Waals surface area contributed by atoms with Crippen molar-refractivity contribution >= 4 is 44.1 Å². The molecule has 2 aromatic heterocycles. The molecule has 0 aliphatic rings. The van der Waals surface area contributed by atoms with Gasteiger partial charge in [0.15, 0.2) is 11.6 Å². The first-order chi connectivity index (χ1) is 14.7. The first-order valence-corrected chi connectivity index (χ1v) is 11.1. The summed E-state index contributed by atoms with van der Waals surface area (Å²) in [5.41, 5.74) is 1.18. The summed E-state index contributed by atoms with van der Waals surface area (Å²) in [5.74, 6) is -1.56. The number of fused-ring (bicyclic) bond motifs is 1. The lowest BCUT2D eigenvalue weighted by atomic mass is 9.98. The van der Waals surface area contributed by atoms with E-state index >= 15 is 4.39 Å². The zero-order valence-corrected chi connectivity index (χ0v) is 18.1. The maximum Gasteiger partial charge on any atom is 0.261 e. The number of aryl methyl sites for hydroxylation is 2. The predicted molar refractivity (Wildman–Crippen MR) is 118 cm³/mol. The van der Waals surface area contributed by atoms with Gasteiger partial charge in [0.25, 0.3) is 10.0 Å². The summed E-state index contributed by atoms with van der Waals surface area (Å²) in [5, 5.41) is 0.778. The number of nitrogens with one attached hydrogen (secondary N) is 2. The van der Waals surface area contributed by atoms with Crippen molar-refractivity contribution in [3.63, 3.8) is 0 Å². The Morgan fingerprint density at radius 2 is 1.94 bits per heavy atom. The number of aromatic amines is 1. The molecule has 158 valence electrons. The van der Waals surface area contributed by atoms with Crippen molar-refractivity contribution < 1.29 is 17.6 Å². The van der Waals surface area contributed by atoms with Crippen molar-refractivity contribution in [1.29, 1.82) is 0 Å². The zero-order chi connectivity index (χ0) is 22.3. The number of benzene rings is 2. The average Bonchev–Trinajstić information content (AvgIpc) is 3.13. The Labute approximate surface area is 183 Å². The fourth-order valence-corrected chi connectivity index (χ4v) is 4.64. The lowest BCUT2D eigenvalue weighted by molar-refractivity contribution is 0.103. The minimum Gasteiger partial charge on any atom is -0.345 e. The van der Waals surface area contributed by atoms with Gasteiger partial charge in [-0.3, -0.25) is 9.52 Å². The van der Waals surface area contributed by atoms with Gasteiger partial charge in [0.05, 0.1) is 21.2 Å². The quantitative estimate of drug-likeness (QED) is 0.412. The van der Waals surface area contributed by atoms with Crippen LogP contribution in [0, 0.1) is 19.7 Å². The van der Waals surface area contributed by atoms with Crippen molar-refractivity contribution in [3.05, 3.63) is 88.0 Å². The molecule has 31 heavy (non-hydrogen) atoms. The molecule has 0 aliphatic heterocycles. The Kier molecular flexibility index (Phi) is 5.28. The third-order valence-electron chi connectivity index (χ3n) is 4.86. The molecule has 0 fully saturated rings. The van der Waals surface area contributed by atoms with Gasteiger partial charge in [-0.2, -0.15) is 0 Å². The van der Waals surface area contributed by atoms with E-state index in [1.807, 2.05) is 0 Å². The van der Waals surface area contributed by atoms with E-state index in [0.717, 1.165) is 5.56 Å².